The SMILES string of the molecule is Cc1ccccc1C(=O)Nc1nc(-c2nnn(-c3ccccc3)c2C)ns1. The second-order valence-electron chi connectivity index (χ2n) is 5.96. The van der Waals surface area contributed by atoms with Crippen molar-refractivity contribution in [3.05, 3.63) is 71.4 Å². The minimum absolute atomic E-state index is 0.208. The largest absolute Gasteiger partial charge is 0.297 e. The number of carbonyl (C=O) groups excluding carboxylic acids is 1. The quantitative estimate of drug-likeness (QED) is 0.587. The van der Waals surface area contributed by atoms with E-state index in [4.69, 9.17) is 0 Å². The van der Waals surface area contributed by atoms with E-state index in [1.807, 2.05) is 62.4 Å². The third kappa shape index (κ3) is 3.34. The minimum Gasteiger partial charge on any atom is -0.297 e. The first kappa shape index (κ1) is 17.0. The number of aromatic nitrogens is 5. The van der Waals surface area contributed by atoms with Gasteiger partial charge in [-0.15, -0.1) is 5.10 Å². The number of aryl methyl sites for hydroxylation is 1. The molecule has 27 heavy (non-hydrogen) atoms. The van der Waals surface area contributed by atoms with Crippen LogP contribution in [0.3, 0.4) is 0 Å². The molecule has 0 saturated heterocycles. The van der Waals surface area contributed by atoms with E-state index in [-0.39, 0.29) is 5.91 Å². The zero-order valence-corrected chi connectivity index (χ0v) is 15.6. The monoisotopic (exact) mass is 376 g/mol. The maximum atomic E-state index is 12.4. The Morgan fingerprint density at radius 1 is 1.04 bits per heavy atom. The third-order valence-corrected chi connectivity index (χ3v) is 4.77. The number of anilines is 1. The molecule has 2 aromatic heterocycles. The number of amides is 1. The van der Waals surface area contributed by atoms with Crippen LogP contribution < -0.4 is 5.32 Å². The Hall–Kier alpha value is -3.39. The van der Waals surface area contributed by atoms with E-state index in [9.17, 15) is 4.79 Å². The molecule has 7 nitrogen and oxygen atoms in total. The summed E-state index contributed by atoms with van der Waals surface area (Å²) in [5.74, 6) is 0.236. The zero-order chi connectivity index (χ0) is 18.8. The highest BCUT2D eigenvalue weighted by molar-refractivity contribution is 7.10. The van der Waals surface area contributed by atoms with Crippen LogP contribution in [0.5, 0.6) is 0 Å². The van der Waals surface area contributed by atoms with Gasteiger partial charge in [0, 0.05) is 17.1 Å². The Kier molecular flexibility index (Phi) is 4.47. The first-order valence-corrected chi connectivity index (χ1v) is 9.09. The molecule has 0 bridgehead atoms. The van der Waals surface area contributed by atoms with Crippen LogP contribution in [0.2, 0.25) is 0 Å². The lowest BCUT2D eigenvalue weighted by molar-refractivity contribution is 0.102. The predicted molar refractivity (Wildman–Crippen MR) is 104 cm³/mol. The van der Waals surface area contributed by atoms with Crippen LogP contribution in [-0.2, 0) is 0 Å². The molecule has 2 heterocycles. The summed E-state index contributed by atoms with van der Waals surface area (Å²) >= 11 is 1.12. The molecule has 0 radical (unpaired) electrons. The highest BCUT2D eigenvalue weighted by atomic mass is 32.1. The molecular formula is C19H16N6OS. The van der Waals surface area contributed by atoms with E-state index < -0.39 is 0 Å². The normalized spacial score (nSPS) is 10.7. The van der Waals surface area contributed by atoms with Gasteiger partial charge in [0.2, 0.25) is 5.13 Å². The van der Waals surface area contributed by atoms with Gasteiger partial charge in [-0.1, -0.05) is 41.6 Å². The van der Waals surface area contributed by atoms with Gasteiger partial charge in [0.25, 0.3) is 5.91 Å². The Morgan fingerprint density at radius 2 is 1.78 bits per heavy atom. The van der Waals surface area contributed by atoms with Crippen molar-refractivity contribution in [2.75, 3.05) is 5.32 Å². The molecule has 2 aromatic carbocycles. The Balaban J connectivity index is 1.58. The molecule has 0 atom stereocenters. The lowest BCUT2D eigenvalue weighted by atomic mass is 10.1. The summed E-state index contributed by atoms with van der Waals surface area (Å²) in [6.45, 7) is 3.81. The topological polar surface area (TPSA) is 85.6 Å². The highest BCUT2D eigenvalue weighted by Gasteiger charge is 2.18. The van der Waals surface area contributed by atoms with Gasteiger partial charge in [0.15, 0.2) is 11.5 Å². The summed E-state index contributed by atoms with van der Waals surface area (Å²) in [6.07, 6.45) is 0. The van der Waals surface area contributed by atoms with E-state index in [0.717, 1.165) is 28.5 Å². The maximum absolute atomic E-state index is 12.4. The fourth-order valence-corrected chi connectivity index (χ4v) is 3.28. The van der Waals surface area contributed by atoms with E-state index in [1.54, 1.807) is 10.7 Å². The summed E-state index contributed by atoms with van der Waals surface area (Å²) in [7, 11) is 0. The van der Waals surface area contributed by atoms with Crippen LogP contribution in [0.15, 0.2) is 54.6 Å². The van der Waals surface area contributed by atoms with Gasteiger partial charge in [-0.25, -0.2) is 4.68 Å². The number of carbonyl (C=O) groups is 1. The van der Waals surface area contributed by atoms with Crippen molar-refractivity contribution in [1.29, 1.82) is 0 Å². The van der Waals surface area contributed by atoms with Crippen LogP contribution in [0, 0.1) is 13.8 Å². The summed E-state index contributed by atoms with van der Waals surface area (Å²) in [6, 6.07) is 17.1. The van der Waals surface area contributed by atoms with Gasteiger partial charge in [-0.3, -0.25) is 10.1 Å². The van der Waals surface area contributed by atoms with E-state index in [0.29, 0.717) is 22.2 Å². The fourth-order valence-electron chi connectivity index (χ4n) is 2.71. The van der Waals surface area contributed by atoms with Crippen LogP contribution in [0.4, 0.5) is 5.13 Å². The number of hydrogen-bond donors (Lipinski definition) is 1. The molecule has 4 aromatic rings. The molecule has 0 saturated carbocycles. The minimum atomic E-state index is -0.208. The number of para-hydroxylation sites is 1. The Labute approximate surface area is 159 Å². The molecule has 0 aliphatic heterocycles. The predicted octanol–water partition coefficient (Wildman–Crippen LogP) is 3.65. The van der Waals surface area contributed by atoms with Gasteiger partial charge in [0.1, 0.15) is 0 Å². The Bertz CT molecular complexity index is 1100. The molecule has 0 aliphatic carbocycles. The van der Waals surface area contributed by atoms with Crippen molar-refractivity contribution in [2.24, 2.45) is 0 Å². The molecule has 1 amide bonds. The average Bonchev–Trinajstić information content (AvgIpc) is 3.29. The van der Waals surface area contributed by atoms with Crippen molar-refractivity contribution in [3.63, 3.8) is 0 Å². The Morgan fingerprint density at radius 3 is 2.56 bits per heavy atom. The number of hydrogen-bond acceptors (Lipinski definition) is 6. The lowest BCUT2D eigenvalue weighted by Crippen LogP contribution is -2.13. The summed E-state index contributed by atoms with van der Waals surface area (Å²) in [5, 5.41) is 11.6. The smallest absolute Gasteiger partial charge is 0.257 e. The van der Waals surface area contributed by atoms with Crippen molar-refractivity contribution in [1.82, 2.24) is 24.4 Å². The van der Waals surface area contributed by atoms with Gasteiger partial charge in [-0.2, -0.15) is 9.36 Å². The van der Waals surface area contributed by atoms with Crippen LogP contribution in [0.25, 0.3) is 17.2 Å². The van der Waals surface area contributed by atoms with Gasteiger partial charge >= 0.3 is 0 Å². The number of nitrogens with one attached hydrogen (secondary N) is 1. The highest BCUT2D eigenvalue weighted by Crippen LogP contribution is 2.24. The first-order valence-electron chi connectivity index (χ1n) is 8.32. The van der Waals surface area contributed by atoms with Gasteiger partial charge < -0.3 is 0 Å². The van der Waals surface area contributed by atoms with Gasteiger partial charge in [-0.05, 0) is 37.6 Å². The molecular weight excluding hydrogens is 360 g/mol. The van der Waals surface area contributed by atoms with Crippen molar-refractivity contribution in [3.8, 4) is 17.2 Å². The molecule has 0 unspecified atom stereocenters. The zero-order valence-electron chi connectivity index (χ0n) is 14.7. The van der Waals surface area contributed by atoms with Crippen molar-refractivity contribution >= 4 is 22.6 Å². The molecule has 0 fully saturated rings. The lowest BCUT2D eigenvalue weighted by Gasteiger charge is -2.04. The summed E-state index contributed by atoms with van der Waals surface area (Å²) in [5.41, 5.74) is 3.85. The van der Waals surface area contributed by atoms with Gasteiger partial charge in [0.05, 0.1) is 11.4 Å². The average molecular weight is 376 g/mol. The summed E-state index contributed by atoms with van der Waals surface area (Å²) in [4.78, 5) is 16.8. The van der Waals surface area contributed by atoms with E-state index in [1.165, 1.54) is 0 Å². The summed E-state index contributed by atoms with van der Waals surface area (Å²) < 4.78 is 6.06. The molecule has 134 valence electrons. The molecule has 4 rings (SSSR count). The molecule has 8 heteroatoms. The second kappa shape index (κ2) is 7.08. The van der Waals surface area contributed by atoms with E-state index >= 15 is 0 Å². The van der Waals surface area contributed by atoms with Crippen molar-refractivity contribution < 1.29 is 4.79 Å². The van der Waals surface area contributed by atoms with Crippen LogP contribution in [-0.4, -0.2) is 30.3 Å². The first-order chi connectivity index (χ1) is 13.1. The number of benzene rings is 2. The second-order valence-corrected chi connectivity index (χ2v) is 6.71. The molecule has 1 N–H and O–H groups in total. The van der Waals surface area contributed by atoms with Crippen LogP contribution >= 0.6 is 11.5 Å². The van der Waals surface area contributed by atoms with Crippen LogP contribution in [0.1, 0.15) is 21.6 Å². The maximum Gasteiger partial charge on any atom is 0.257 e. The number of rotatable bonds is 4. The molecule has 0 aliphatic rings. The van der Waals surface area contributed by atoms with E-state index in [2.05, 4.69) is 25.0 Å². The third-order valence-electron chi connectivity index (χ3n) is 4.14. The molecule has 0 spiro atoms. The standard InChI is InChI=1S/C19H16N6OS/c1-12-8-6-7-11-15(12)18(26)21-19-20-17(23-27-19)16-13(2)25(24-22-16)14-9-4-3-5-10-14/h3-11H,1-2H3,(H,20,21,23,26). The number of nitrogens with zero attached hydrogens (tertiary/aromatic N) is 5. The van der Waals surface area contributed by atoms with Crippen molar-refractivity contribution in [2.45, 2.75) is 13.8 Å². The fraction of sp³-hybridized carbons (Fsp3) is 0.105.